The van der Waals surface area contributed by atoms with Crippen LogP contribution in [0.1, 0.15) is 36.1 Å². The van der Waals surface area contributed by atoms with Crippen molar-refractivity contribution in [2.24, 2.45) is 5.92 Å². The minimum atomic E-state index is -0.790. The zero-order chi connectivity index (χ0) is 22.0. The van der Waals surface area contributed by atoms with E-state index in [-0.39, 0.29) is 29.5 Å². The minimum absolute atomic E-state index is 0.0747. The molecule has 1 saturated heterocycles. The summed E-state index contributed by atoms with van der Waals surface area (Å²) in [5, 5.41) is 10.5. The molecule has 1 aliphatic heterocycles. The van der Waals surface area contributed by atoms with E-state index in [1.54, 1.807) is 29.2 Å². The summed E-state index contributed by atoms with van der Waals surface area (Å²) in [6.07, 6.45) is 0.0336. The van der Waals surface area contributed by atoms with Gasteiger partial charge in [0.1, 0.15) is 17.4 Å². The summed E-state index contributed by atoms with van der Waals surface area (Å²) in [6, 6.07) is 18.7. The van der Waals surface area contributed by atoms with E-state index in [0.29, 0.717) is 29.8 Å². The lowest BCUT2D eigenvalue weighted by atomic mass is 9.78. The number of aliphatic hydroxyl groups excluding tert-OH is 1. The molecule has 0 radical (unpaired) electrons. The molecular weight excluding hydrogens is 419 g/mol. The molecule has 0 aliphatic carbocycles. The maximum Gasteiger partial charge on any atom is 0.233 e. The standard InChI is InChI=1S/C24H22F2NO3P/c25-17-5-1-15(2-6-17)22(28)14-13-21-23(16-3-11-20(30-31)12-4-16)27(24(21)29)19-9-7-18(26)8-10-19/h1-12,21-23,28H,13-14,31H2/t21?,22-,23?/m0/s1. The fourth-order valence-electron chi connectivity index (χ4n) is 4.03. The van der Waals surface area contributed by atoms with Crippen molar-refractivity contribution in [1.29, 1.82) is 0 Å². The minimum Gasteiger partial charge on any atom is -0.480 e. The van der Waals surface area contributed by atoms with Crippen molar-refractivity contribution in [2.75, 3.05) is 4.90 Å². The molecule has 0 aromatic heterocycles. The van der Waals surface area contributed by atoms with Crippen molar-refractivity contribution in [2.45, 2.75) is 25.0 Å². The fourth-order valence-corrected chi connectivity index (χ4v) is 4.19. The van der Waals surface area contributed by atoms with Crippen LogP contribution in [0.5, 0.6) is 5.75 Å². The highest BCUT2D eigenvalue weighted by molar-refractivity contribution is 7.10. The molecule has 0 saturated carbocycles. The molecule has 4 atom stereocenters. The Hall–Kier alpha value is -2.82. The van der Waals surface area contributed by atoms with Gasteiger partial charge in [0.2, 0.25) is 5.91 Å². The van der Waals surface area contributed by atoms with Gasteiger partial charge in [-0.1, -0.05) is 24.3 Å². The third-order valence-corrected chi connectivity index (χ3v) is 5.95. The van der Waals surface area contributed by atoms with E-state index in [9.17, 15) is 18.7 Å². The van der Waals surface area contributed by atoms with Crippen LogP contribution >= 0.6 is 9.47 Å². The number of carbonyl (C=O) groups is 1. The van der Waals surface area contributed by atoms with Crippen molar-refractivity contribution in [3.8, 4) is 5.75 Å². The van der Waals surface area contributed by atoms with Crippen molar-refractivity contribution >= 4 is 21.1 Å². The molecule has 3 aromatic carbocycles. The van der Waals surface area contributed by atoms with Crippen LogP contribution in [0, 0.1) is 17.6 Å². The molecule has 1 heterocycles. The number of nitrogens with zero attached hydrogens (tertiary/aromatic N) is 1. The number of hydrogen-bond acceptors (Lipinski definition) is 3. The third kappa shape index (κ3) is 4.46. The maximum absolute atomic E-state index is 13.4. The van der Waals surface area contributed by atoms with Crippen LogP contribution in [-0.4, -0.2) is 11.0 Å². The molecule has 0 bridgehead atoms. The van der Waals surface area contributed by atoms with E-state index < -0.39 is 6.10 Å². The molecule has 3 unspecified atom stereocenters. The van der Waals surface area contributed by atoms with Crippen LogP contribution in [0.25, 0.3) is 0 Å². The van der Waals surface area contributed by atoms with Gasteiger partial charge in [0, 0.05) is 5.69 Å². The Morgan fingerprint density at radius 3 is 2.10 bits per heavy atom. The van der Waals surface area contributed by atoms with Crippen LogP contribution in [0.3, 0.4) is 0 Å². The number of benzene rings is 3. The Labute approximate surface area is 181 Å². The largest absolute Gasteiger partial charge is 0.480 e. The topological polar surface area (TPSA) is 49.8 Å². The summed E-state index contributed by atoms with van der Waals surface area (Å²) in [7, 11) is 2.19. The van der Waals surface area contributed by atoms with Gasteiger partial charge in [0.25, 0.3) is 0 Å². The summed E-state index contributed by atoms with van der Waals surface area (Å²) >= 11 is 0. The van der Waals surface area contributed by atoms with Crippen molar-refractivity contribution < 1.29 is 23.2 Å². The third-order valence-electron chi connectivity index (χ3n) is 5.68. The zero-order valence-electron chi connectivity index (χ0n) is 16.6. The molecule has 0 spiro atoms. The first-order valence-electron chi connectivity index (χ1n) is 9.97. The molecule has 1 amide bonds. The Kier molecular flexibility index (Phi) is 6.30. The van der Waals surface area contributed by atoms with E-state index in [2.05, 4.69) is 9.47 Å². The first-order chi connectivity index (χ1) is 15.0. The predicted molar refractivity (Wildman–Crippen MR) is 117 cm³/mol. The summed E-state index contributed by atoms with van der Waals surface area (Å²) in [4.78, 5) is 14.7. The number of aliphatic hydroxyl groups is 1. The monoisotopic (exact) mass is 441 g/mol. The van der Waals surface area contributed by atoms with Crippen molar-refractivity contribution in [3.63, 3.8) is 0 Å². The second-order valence-electron chi connectivity index (χ2n) is 7.57. The first kappa shape index (κ1) is 21.4. The van der Waals surface area contributed by atoms with Gasteiger partial charge in [-0.15, -0.1) is 0 Å². The number of carbonyl (C=O) groups excluding carboxylic acids is 1. The van der Waals surface area contributed by atoms with Crippen LogP contribution in [0.4, 0.5) is 14.5 Å². The summed E-state index contributed by atoms with van der Waals surface area (Å²) < 4.78 is 31.7. The zero-order valence-corrected chi connectivity index (χ0v) is 17.8. The lowest BCUT2D eigenvalue weighted by molar-refractivity contribution is -0.131. The molecule has 3 aromatic rings. The summed E-state index contributed by atoms with van der Waals surface area (Å²) in [5.74, 6) is -0.458. The smallest absolute Gasteiger partial charge is 0.233 e. The second-order valence-corrected chi connectivity index (χ2v) is 7.80. The SMILES string of the molecule is O=C1C(CC[C@H](O)c2ccc(F)cc2)C(c2ccc(OP)cc2)N1c1ccc(F)cc1. The van der Waals surface area contributed by atoms with Gasteiger partial charge < -0.3 is 14.5 Å². The number of β-lactam (4-membered cyclic amide) rings is 1. The maximum atomic E-state index is 13.4. The van der Waals surface area contributed by atoms with Crippen LogP contribution < -0.4 is 9.42 Å². The average molecular weight is 441 g/mol. The van der Waals surface area contributed by atoms with Crippen molar-refractivity contribution in [3.05, 3.63) is 95.6 Å². The van der Waals surface area contributed by atoms with E-state index in [1.807, 2.05) is 24.3 Å². The summed E-state index contributed by atoms with van der Waals surface area (Å²) in [6.45, 7) is 0. The number of halogens is 2. The van der Waals surface area contributed by atoms with Gasteiger partial charge >= 0.3 is 0 Å². The average Bonchev–Trinajstić information content (AvgIpc) is 2.79. The van der Waals surface area contributed by atoms with E-state index in [4.69, 9.17) is 4.52 Å². The van der Waals surface area contributed by atoms with Gasteiger partial charge in [0.05, 0.1) is 27.5 Å². The summed E-state index contributed by atoms with van der Waals surface area (Å²) in [5.41, 5.74) is 2.16. The molecule has 1 aliphatic rings. The molecule has 4 nitrogen and oxygen atoms in total. The van der Waals surface area contributed by atoms with Gasteiger partial charge in [-0.05, 0) is 72.5 Å². The highest BCUT2D eigenvalue weighted by Crippen LogP contribution is 2.46. The molecule has 1 N–H and O–H groups in total. The molecule has 160 valence electrons. The molecule has 1 fully saturated rings. The van der Waals surface area contributed by atoms with E-state index in [1.165, 1.54) is 24.3 Å². The normalized spacial score (nSPS) is 19.1. The molecule has 7 heteroatoms. The number of amides is 1. The predicted octanol–water partition coefficient (Wildman–Crippen LogP) is 5.35. The van der Waals surface area contributed by atoms with Crippen LogP contribution in [0.15, 0.2) is 72.8 Å². The fraction of sp³-hybridized carbons (Fsp3) is 0.208. The Morgan fingerprint density at radius 1 is 0.935 bits per heavy atom. The number of rotatable bonds is 7. The van der Waals surface area contributed by atoms with Crippen LogP contribution in [-0.2, 0) is 4.79 Å². The lowest BCUT2D eigenvalue weighted by Crippen LogP contribution is -2.55. The lowest BCUT2D eigenvalue weighted by Gasteiger charge is -2.48. The van der Waals surface area contributed by atoms with Gasteiger partial charge in [-0.25, -0.2) is 8.78 Å². The first-order valence-corrected chi connectivity index (χ1v) is 10.4. The van der Waals surface area contributed by atoms with Gasteiger partial charge in [0.15, 0.2) is 0 Å². The number of anilines is 1. The molecular formula is C24H22F2NO3P. The Morgan fingerprint density at radius 2 is 1.52 bits per heavy atom. The molecule has 4 rings (SSSR count). The quantitative estimate of drug-likeness (QED) is 0.397. The Balaban J connectivity index is 1.55. The Bertz CT molecular complexity index is 1040. The van der Waals surface area contributed by atoms with Crippen molar-refractivity contribution in [1.82, 2.24) is 0 Å². The van der Waals surface area contributed by atoms with E-state index >= 15 is 0 Å². The second kappa shape index (κ2) is 9.13. The van der Waals surface area contributed by atoms with Crippen LogP contribution in [0.2, 0.25) is 0 Å². The van der Waals surface area contributed by atoms with E-state index in [0.717, 1.165) is 5.56 Å². The highest BCUT2D eigenvalue weighted by atomic mass is 31.0. The van der Waals surface area contributed by atoms with Gasteiger partial charge in [-0.3, -0.25) is 4.79 Å². The number of hydrogen-bond donors (Lipinski definition) is 1. The van der Waals surface area contributed by atoms with Gasteiger partial charge in [-0.2, -0.15) is 0 Å². The highest BCUT2D eigenvalue weighted by Gasteiger charge is 2.48. The molecule has 31 heavy (non-hydrogen) atoms.